The Morgan fingerprint density at radius 2 is 2.00 bits per heavy atom. The van der Waals surface area contributed by atoms with Crippen molar-refractivity contribution in [3.8, 4) is 5.75 Å². The van der Waals surface area contributed by atoms with E-state index in [-0.39, 0.29) is 61.7 Å². The number of nitrogens with one attached hydrogen (secondary N) is 1. The van der Waals surface area contributed by atoms with Crippen LogP contribution in [0.5, 0.6) is 5.75 Å². The molecular formula is C30H36F2N4O8. The zero-order valence-electron chi connectivity index (χ0n) is 25.1. The van der Waals surface area contributed by atoms with Crippen molar-refractivity contribution in [3.05, 3.63) is 63.1 Å². The molecular weight excluding hydrogens is 582 g/mol. The molecule has 2 aliphatic heterocycles. The molecule has 1 aromatic heterocycles. The number of pyridine rings is 1. The summed E-state index contributed by atoms with van der Waals surface area (Å²) in [6.45, 7) is 5.15. The average Bonchev–Trinajstić information content (AvgIpc) is 2.98. The molecule has 14 heteroatoms. The summed E-state index contributed by atoms with van der Waals surface area (Å²) in [6.07, 6.45) is 2.52. The van der Waals surface area contributed by atoms with Crippen LogP contribution in [0.4, 0.5) is 8.78 Å². The number of esters is 1. The van der Waals surface area contributed by atoms with Gasteiger partial charge >= 0.3 is 5.97 Å². The molecule has 2 atom stereocenters. The fourth-order valence-corrected chi connectivity index (χ4v) is 4.90. The van der Waals surface area contributed by atoms with Gasteiger partial charge in [-0.05, 0) is 25.3 Å². The van der Waals surface area contributed by atoms with Gasteiger partial charge in [-0.25, -0.2) is 8.78 Å². The fraction of sp³-hybridized carbons (Fsp3) is 0.500. The second-order valence-electron chi connectivity index (χ2n) is 11.1. The Hall–Kier alpha value is -4.49. The zero-order chi connectivity index (χ0) is 32.0. The number of methoxy groups -OCH3 is 1. The van der Waals surface area contributed by atoms with Crippen LogP contribution in [-0.4, -0.2) is 66.2 Å². The highest BCUT2D eigenvalue weighted by atomic mass is 19.1. The van der Waals surface area contributed by atoms with Crippen LogP contribution in [0.15, 0.2) is 34.3 Å². The van der Waals surface area contributed by atoms with Crippen LogP contribution in [0.25, 0.3) is 0 Å². The second kappa shape index (κ2) is 14.3. The molecule has 2 aromatic rings. The molecule has 0 aliphatic carbocycles. The number of fused-ring (bicyclic) bond motifs is 4. The molecule has 1 aromatic carbocycles. The van der Waals surface area contributed by atoms with Crippen LogP contribution in [-0.2, 0) is 25.7 Å². The molecule has 1 N–H and O–H groups in total. The van der Waals surface area contributed by atoms with Crippen molar-refractivity contribution in [2.24, 2.45) is 11.1 Å². The lowest BCUT2D eigenvalue weighted by Crippen LogP contribution is -2.50. The van der Waals surface area contributed by atoms with Crippen LogP contribution in [0.3, 0.4) is 0 Å². The third-order valence-corrected chi connectivity index (χ3v) is 7.48. The van der Waals surface area contributed by atoms with Crippen LogP contribution in [0.1, 0.15) is 78.9 Å². The number of hydrogen-bond acceptors (Lipinski definition) is 9. The van der Waals surface area contributed by atoms with Crippen molar-refractivity contribution >= 4 is 23.7 Å². The van der Waals surface area contributed by atoms with E-state index in [4.69, 9.17) is 19.0 Å². The Morgan fingerprint density at radius 1 is 1.23 bits per heavy atom. The molecule has 2 bridgehead atoms. The van der Waals surface area contributed by atoms with E-state index in [2.05, 4.69) is 10.5 Å². The average molecular weight is 619 g/mol. The third kappa shape index (κ3) is 7.53. The smallest absolute Gasteiger partial charge is 0.308 e. The molecule has 12 nitrogen and oxygen atoms in total. The first-order chi connectivity index (χ1) is 21.0. The Bertz CT molecular complexity index is 1490. The number of rotatable bonds is 9. The lowest BCUT2D eigenvalue weighted by atomic mass is 10.0. The summed E-state index contributed by atoms with van der Waals surface area (Å²) < 4.78 is 45.2. The topological polar surface area (TPSA) is 138 Å². The maximum atomic E-state index is 14.2. The van der Waals surface area contributed by atoms with Crippen LogP contribution >= 0.6 is 0 Å². The van der Waals surface area contributed by atoms with Crippen molar-refractivity contribution in [1.29, 1.82) is 0 Å². The highest BCUT2D eigenvalue weighted by molar-refractivity contribution is 5.99. The summed E-state index contributed by atoms with van der Waals surface area (Å²) in [5, 5.41) is 6.50. The van der Waals surface area contributed by atoms with Crippen molar-refractivity contribution in [1.82, 2.24) is 14.8 Å². The highest BCUT2D eigenvalue weighted by Gasteiger charge is 2.39. The van der Waals surface area contributed by atoms with Gasteiger partial charge in [-0.2, -0.15) is 0 Å². The zero-order valence-corrected chi connectivity index (χ0v) is 25.1. The van der Waals surface area contributed by atoms with Gasteiger partial charge in [0, 0.05) is 56.2 Å². The van der Waals surface area contributed by atoms with E-state index in [1.165, 1.54) is 23.9 Å². The maximum Gasteiger partial charge on any atom is 0.308 e. The number of ether oxygens (including phenoxy) is 3. The van der Waals surface area contributed by atoms with Gasteiger partial charge in [0.05, 0.1) is 13.2 Å². The van der Waals surface area contributed by atoms with Gasteiger partial charge in [0.1, 0.15) is 23.8 Å². The number of amides is 2. The first-order valence-electron chi connectivity index (χ1n) is 14.3. The predicted octanol–water partition coefficient (Wildman–Crippen LogP) is 3.53. The van der Waals surface area contributed by atoms with Gasteiger partial charge in [0.15, 0.2) is 5.69 Å². The monoisotopic (exact) mass is 618 g/mol. The third-order valence-electron chi connectivity index (χ3n) is 7.48. The molecule has 0 unspecified atom stereocenters. The summed E-state index contributed by atoms with van der Waals surface area (Å²) >= 11 is 0. The molecule has 44 heavy (non-hydrogen) atoms. The largest absolute Gasteiger partial charge is 0.482 e. The van der Waals surface area contributed by atoms with Gasteiger partial charge in [-0.3, -0.25) is 19.2 Å². The number of carbonyl (C=O) groups excluding carboxylic acids is 3. The van der Waals surface area contributed by atoms with E-state index in [1.807, 2.05) is 20.8 Å². The number of nitrogens with zero attached hydrogens (tertiary/aromatic N) is 3. The molecule has 3 heterocycles. The summed E-state index contributed by atoms with van der Waals surface area (Å²) in [4.78, 5) is 60.1. The van der Waals surface area contributed by atoms with E-state index >= 15 is 0 Å². The molecule has 2 aliphatic rings. The standard InChI is InChI=1S/C30H36F2N4O8/c1-17(2)5-8-25(37)42-16-43-28-26-30(40)35-14-21(12-24(41-4)34-44-10-9-18(35)3)36(26)15-22(27(28)38)29(39)33-13-19-6-7-20(31)11-23(19)32/h6-7,11,15,17-18,21H,5,8-10,12-14,16H2,1-4H3,(H,33,39)/b34-24+/t18-,21-/m0/s1. The van der Waals surface area contributed by atoms with Crippen LogP contribution in [0.2, 0.25) is 0 Å². The maximum absolute atomic E-state index is 14.2. The fourth-order valence-electron chi connectivity index (χ4n) is 4.90. The minimum atomic E-state index is -0.927. The van der Waals surface area contributed by atoms with Crippen LogP contribution in [0, 0.1) is 17.6 Å². The lowest BCUT2D eigenvalue weighted by molar-refractivity contribution is -0.150. The van der Waals surface area contributed by atoms with E-state index in [9.17, 15) is 28.0 Å². The van der Waals surface area contributed by atoms with Gasteiger partial charge in [0.25, 0.3) is 11.8 Å². The number of carbonyl (C=O) groups is 3. The van der Waals surface area contributed by atoms with E-state index in [0.717, 1.165) is 6.07 Å². The number of halogens is 2. The first kappa shape index (κ1) is 32.4. The first-order valence-corrected chi connectivity index (χ1v) is 14.3. The molecule has 238 valence electrons. The minimum Gasteiger partial charge on any atom is -0.482 e. The quantitative estimate of drug-likeness (QED) is 0.333. The van der Waals surface area contributed by atoms with E-state index in [1.54, 1.807) is 4.90 Å². The lowest BCUT2D eigenvalue weighted by Gasteiger charge is -2.40. The molecule has 0 radical (unpaired) electrons. The van der Waals surface area contributed by atoms with Crippen molar-refractivity contribution in [2.75, 3.05) is 27.1 Å². The SMILES string of the molecule is CO/C1=N/OCC[C@H](C)N2C[C@H](C1)n1cc(C(=O)NCc3ccc(F)cc3F)c(=O)c(OCOC(=O)CCC(C)C)c1C2=O. The van der Waals surface area contributed by atoms with Gasteiger partial charge in [-0.15, -0.1) is 0 Å². The number of oxime groups is 1. The summed E-state index contributed by atoms with van der Waals surface area (Å²) in [5.74, 6) is -3.60. The Morgan fingerprint density at radius 3 is 2.70 bits per heavy atom. The van der Waals surface area contributed by atoms with E-state index < -0.39 is 59.0 Å². The predicted molar refractivity (Wildman–Crippen MR) is 153 cm³/mol. The van der Waals surface area contributed by atoms with Gasteiger partial charge in [-0.1, -0.05) is 25.1 Å². The second-order valence-corrected chi connectivity index (χ2v) is 11.1. The Kier molecular flexibility index (Phi) is 10.6. The molecule has 0 saturated carbocycles. The normalized spacial score (nSPS) is 19.3. The molecule has 4 rings (SSSR count). The number of aromatic nitrogens is 1. The summed E-state index contributed by atoms with van der Waals surface area (Å²) in [5.41, 5.74) is -1.47. The summed E-state index contributed by atoms with van der Waals surface area (Å²) in [7, 11) is 1.42. The Labute approximate surface area is 252 Å². The Balaban J connectivity index is 1.74. The molecule has 0 saturated heterocycles. The molecule has 0 spiro atoms. The number of hydrogen-bond donors (Lipinski definition) is 1. The van der Waals surface area contributed by atoms with Crippen molar-refractivity contribution in [3.63, 3.8) is 0 Å². The van der Waals surface area contributed by atoms with Gasteiger partial charge in [0.2, 0.25) is 23.9 Å². The van der Waals surface area contributed by atoms with Gasteiger partial charge < -0.3 is 33.8 Å². The number of benzene rings is 1. The minimum absolute atomic E-state index is 0.00400. The van der Waals surface area contributed by atoms with E-state index in [0.29, 0.717) is 18.9 Å². The molecule has 2 amide bonds. The summed E-state index contributed by atoms with van der Waals surface area (Å²) in [6, 6.07) is 2.03. The van der Waals surface area contributed by atoms with Crippen molar-refractivity contribution < 1.29 is 42.2 Å². The molecule has 0 fully saturated rings. The highest BCUT2D eigenvalue weighted by Crippen LogP contribution is 2.32. The van der Waals surface area contributed by atoms with Crippen molar-refractivity contribution in [2.45, 2.75) is 65.1 Å². The van der Waals surface area contributed by atoms with Crippen LogP contribution < -0.4 is 15.5 Å².